The molecule has 0 aliphatic carbocycles. The third kappa shape index (κ3) is 4.00. The summed E-state index contributed by atoms with van der Waals surface area (Å²) in [5.41, 5.74) is 5.59. The number of anilines is 4. The number of morpholine rings is 1. The fourth-order valence-electron chi connectivity index (χ4n) is 4.41. The van der Waals surface area contributed by atoms with Gasteiger partial charge in [-0.1, -0.05) is 0 Å². The van der Waals surface area contributed by atoms with Gasteiger partial charge in [-0.15, -0.1) is 0 Å². The van der Waals surface area contributed by atoms with E-state index in [1.165, 1.54) is 0 Å². The number of hydrogen-bond donors (Lipinski definition) is 3. The average molecular weight is 459 g/mol. The number of aliphatic hydroxyl groups is 1. The van der Waals surface area contributed by atoms with Crippen LogP contribution in [-0.4, -0.2) is 65.0 Å². The zero-order valence-corrected chi connectivity index (χ0v) is 18.6. The highest BCUT2D eigenvalue weighted by molar-refractivity contribution is 5.76. The molecule has 6 rings (SSSR count). The van der Waals surface area contributed by atoms with Gasteiger partial charge in [-0.05, 0) is 42.5 Å². The Morgan fingerprint density at radius 1 is 1.15 bits per heavy atom. The van der Waals surface area contributed by atoms with E-state index < -0.39 is 0 Å². The lowest BCUT2D eigenvalue weighted by Gasteiger charge is -2.33. The van der Waals surface area contributed by atoms with Gasteiger partial charge in [0.1, 0.15) is 12.4 Å². The number of rotatable bonds is 5. The molecule has 0 amide bonds. The van der Waals surface area contributed by atoms with Crippen molar-refractivity contribution in [1.82, 2.24) is 14.4 Å². The molecule has 0 spiro atoms. The first-order chi connectivity index (χ1) is 16.8. The number of imidazole rings is 1. The lowest BCUT2D eigenvalue weighted by molar-refractivity contribution is 0.00357. The fourth-order valence-corrected chi connectivity index (χ4v) is 4.41. The van der Waals surface area contributed by atoms with E-state index in [4.69, 9.17) is 14.5 Å². The van der Waals surface area contributed by atoms with Crippen LogP contribution in [0.5, 0.6) is 5.75 Å². The summed E-state index contributed by atoms with van der Waals surface area (Å²) in [4.78, 5) is 11.6. The van der Waals surface area contributed by atoms with Crippen LogP contribution in [0.4, 0.5) is 22.9 Å². The van der Waals surface area contributed by atoms with E-state index >= 15 is 0 Å². The molecule has 9 heteroatoms. The third-order valence-electron chi connectivity index (χ3n) is 6.16. The average Bonchev–Trinajstić information content (AvgIpc) is 3.38. The van der Waals surface area contributed by atoms with Crippen molar-refractivity contribution >= 4 is 28.5 Å². The van der Waals surface area contributed by atoms with Crippen LogP contribution in [0.25, 0.3) is 16.9 Å². The van der Waals surface area contributed by atoms with Gasteiger partial charge in [0.2, 0.25) is 0 Å². The number of benzene rings is 2. The lowest BCUT2D eigenvalue weighted by atomic mass is 10.1. The van der Waals surface area contributed by atoms with E-state index in [0.29, 0.717) is 25.6 Å². The first kappa shape index (κ1) is 20.8. The summed E-state index contributed by atoms with van der Waals surface area (Å²) < 4.78 is 13.2. The van der Waals surface area contributed by atoms with Gasteiger partial charge < -0.3 is 34.5 Å². The van der Waals surface area contributed by atoms with Crippen LogP contribution in [0.15, 0.2) is 61.1 Å². The van der Waals surface area contributed by atoms with Crippen molar-refractivity contribution in [3.63, 3.8) is 0 Å². The Morgan fingerprint density at radius 3 is 2.94 bits per heavy atom. The maximum atomic E-state index is 9.41. The van der Waals surface area contributed by atoms with Crippen molar-refractivity contribution in [3.8, 4) is 17.0 Å². The second-order valence-electron chi connectivity index (χ2n) is 8.41. The largest absolute Gasteiger partial charge is 0.490 e. The molecule has 3 N–H and O–H groups in total. The van der Waals surface area contributed by atoms with E-state index in [-0.39, 0.29) is 12.7 Å². The molecule has 1 fully saturated rings. The Bertz CT molecular complexity index is 1310. The summed E-state index contributed by atoms with van der Waals surface area (Å²) in [7, 11) is 0. The number of nitrogens with zero attached hydrogens (tertiary/aromatic N) is 4. The van der Waals surface area contributed by atoms with Crippen molar-refractivity contribution in [2.75, 3.05) is 55.0 Å². The highest BCUT2D eigenvalue weighted by Gasteiger charge is 2.20. The molecule has 9 nitrogen and oxygen atoms in total. The molecule has 34 heavy (non-hydrogen) atoms. The van der Waals surface area contributed by atoms with Crippen LogP contribution in [0.3, 0.4) is 0 Å². The van der Waals surface area contributed by atoms with Gasteiger partial charge in [0.05, 0.1) is 30.7 Å². The van der Waals surface area contributed by atoms with Crippen LogP contribution < -0.4 is 20.3 Å². The Kier molecular flexibility index (Phi) is 5.40. The predicted molar refractivity (Wildman–Crippen MR) is 131 cm³/mol. The van der Waals surface area contributed by atoms with Gasteiger partial charge in [0.25, 0.3) is 0 Å². The molecule has 2 aromatic carbocycles. The minimum absolute atomic E-state index is 0.0335. The highest BCUT2D eigenvalue weighted by atomic mass is 16.5. The maximum Gasteiger partial charge on any atom is 0.180 e. The number of aromatic nitrogens is 3. The Morgan fingerprint density at radius 2 is 2.06 bits per heavy atom. The molecule has 2 aliphatic rings. The smallest absolute Gasteiger partial charge is 0.180 e. The van der Waals surface area contributed by atoms with E-state index in [0.717, 1.165) is 52.8 Å². The quantitative estimate of drug-likeness (QED) is 0.420. The van der Waals surface area contributed by atoms with Crippen LogP contribution in [0.1, 0.15) is 0 Å². The Hall–Kier alpha value is -3.82. The summed E-state index contributed by atoms with van der Waals surface area (Å²) in [5, 5.41) is 16.2. The van der Waals surface area contributed by atoms with Gasteiger partial charge in [-0.2, -0.15) is 0 Å². The molecule has 1 saturated heterocycles. The first-order valence-corrected chi connectivity index (χ1v) is 11.5. The molecular weight excluding hydrogens is 432 g/mol. The Balaban J connectivity index is 1.28. The molecule has 1 unspecified atom stereocenters. The van der Waals surface area contributed by atoms with Crippen molar-refractivity contribution in [2.45, 2.75) is 6.10 Å². The summed E-state index contributed by atoms with van der Waals surface area (Å²) in [6.45, 7) is 3.60. The maximum absolute atomic E-state index is 9.41. The van der Waals surface area contributed by atoms with Crippen molar-refractivity contribution in [1.29, 1.82) is 0 Å². The summed E-state index contributed by atoms with van der Waals surface area (Å²) in [6, 6.07) is 14.3. The van der Waals surface area contributed by atoms with Gasteiger partial charge >= 0.3 is 0 Å². The minimum Gasteiger partial charge on any atom is -0.490 e. The number of hydrogen-bond acceptors (Lipinski definition) is 8. The van der Waals surface area contributed by atoms with Crippen LogP contribution >= 0.6 is 0 Å². The molecule has 4 aromatic rings. The van der Waals surface area contributed by atoms with Gasteiger partial charge in [-0.25, -0.2) is 9.97 Å². The molecular formula is C25H26N6O3. The standard InChI is InChI=1S/C25H26N6O3/c32-16-20-14-30(10-12-33-20)19-4-2-18(3-5-19)28-24-25-27-7-9-31(25)15-22(29-24)17-1-6-23-21(13-17)26-8-11-34-23/h1-7,9,13,15,20,26,32H,8,10-12,14,16H2,(H,28,29). The minimum atomic E-state index is -0.141. The van der Waals surface area contributed by atoms with E-state index in [1.807, 2.05) is 41.1 Å². The second kappa shape index (κ2) is 8.85. The molecule has 2 aliphatic heterocycles. The van der Waals surface area contributed by atoms with Crippen molar-refractivity contribution in [2.24, 2.45) is 0 Å². The second-order valence-corrected chi connectivity index (χ2v) is 8.41. The van der Waals surface area contributed by atoms with Gasteiger partial charge in [0, 0.05) is 55.2 Å². The fraction of sp³-hybridized carbons (Fsp3) is 0.280. The third-order valence-corrected chi connectivity index (χ3v) is 6.16. The van der Waals surface area contributed by atoms with Gasteiger partial charge in [-0.3, -0.25) is 0 Å². The topological polar surface area (TPSA) is 96.2 Å². The molecule has 0 saturated carbocycles. The monoisotopic (exact) mass is 458 g/mol. The first-order valence-electron chi connectivity index (χ1n) is 11.5. The zero-order valence-electron chi connectivity index (χ0n) is 18.6. The van der Waals surface area contributed by atoms with Crippen LogP contribution in [0.2, 0.25) is 0 Å². The van der Waals surface area contributed by atoms with E-state index in [9.17, 15) is 5.11 Å². The molecule has 174 valence electrons. The molecule has 1 atom stereocenters. The molecule has 0 radical (unpaired) electrons. The van der Waals surface area contributed by atoms with Crippen LogP contribution in [-0.2, 0) is 4.74 Å². The van der Waals surface area contributed by atoms with Gasteiger partial charge in [0.15, 0.2) is 11.5 Å². The summed E-state index contributed by atoms with van der Waals surface area (Å²) in [6.07, 6.45) is 5.54. The zero-order chi connectivity index (χ0) is 22.9. The molecule has 0 bridgehead atoms. The number of ether oxygens (including phenoxy) is 2. The normalized spacial score (nSPS) is 17.7. The lowest BCUT2D eigenvalue weighted by Crippen LogP contribution is -2.44. The molecule has 4 heterocycles. The van der Waals surface area contributed by atoms with E-state index in [1.54, 1.807) is 6.20 Å². The SMILES string of the molecule is OCC1CN(c2ccc(Nc3nc(-c4ccc5c(c4)NCCO5)cn4ccnc34)cc2)CCO1. The highest BCUT2D eigenvalue weighted by Crippen LogP contribution is 2.33. The molecule has 2 aromatic heterocycles. The van der Waals surface area contributed by atoms with Crippen LogP contribution in [0, 0.1) is 0 Å². The summed E-state index contributed by atoms with van der Waals surface area (Å²) >= 11 is 0. The number of nitrogens with one attached hydrogen (secondary N) is 2. The number of fused-ring (bicyclic) bond motifs is 2. The van der Waals surface area contributed by atoms with Crippen molar-refractivity contribution in [3.05, 3.63) is 61.1 Å². The van der Waals surface area contributed by atoms with E-state index in [2.05, 4.69) is 38.7 Å². The number of aliphatic hydroxyl groups excluding tert-OH is 1. The van der Waals surface area contributed by atoms with Crippen molar-refractivity contribution < 1.29 is 14.6 Å². The predicted octanol–water partition coefficient (Wildman–Crippen LogP) is 3.14. The summed E-state index contributed by atoms with van der Waals surface area (Å²) in [5.74, 6) is 1.55. The Labute approximate surface area is 197 Å².